The van der Waals surface area contributed by atoms with Crippen LogP contribution in [0.5, 0.6) is 0 Å². The molecule has 0 aliphatic rings. The number of amides is 2. The zero-order chi connectivity index (χ0) is 44.2. The molecule has 2 atom stereocenters. The molecule has 2 aromatic carbocycles. The van der Waals surface area contributed by atoms with Crippen LogP contribution in [0.4, 0.5) is 9.59 Å². The fourth-order valence-electron chi connectivity index (χ4n) is 5.04. The SMILES string of the molecule is CC(=O)OCC(C)(C)C(NC(=O)OC(C)(C)C)C(=O)OCC(=O)c1ccc(-c2ccc(C(=O)COC(=O)C(NC(=O)OC(C)(C)C)C(C)(C)COC(C)=O)cc2)cc1. The molecule has 0 heterocycles. The number of hydrogen-bond acceptors (Lipinski definition) is 14. The zero-order valence-electron chi connectivity index (χ0n) is 35.3. The van der Waals surface area contributed by atoms with E-state index in [1.165, 1.54) is 38.1 Å². The van der Waals surface area contributed by atoms with Crippen molar-refractivity contribution < 1.29 is 66.8 Å². The monoisotopic (exact) mass is 812 g/mol. The average Bonchev–Trinajstić information content (AvgIpc) is 3.10. The highest BCUT2D eigenvalue weighted by atomic mass is 16.6. The van der Waals surface area contributed by atoms with E-state index in [1.54, 1.807) is 93.5 Å². The fourth-order valence-corrected chi connectivity index (χ4v) is 5.04. The van der Waals surface area contributed by atoms with Crippen molar-refractivity contribution in [1.82, 2.24) is 10.6 Å². The summed E-state index contributed by atoms with van der Waals surface area (Å²) >= 11 is 0. The van der Waals surface area contributed by atoms with Crippen molar-refractivity contribution in [3.63, 3.8) is 0 Å². The Morgan fingerprint density at radius 2 is 0.776 bits per heavy atom. The lowest BCUT2D eigenvalue weighted by atomic mass is 9.85. The molecular formula is C42H56N2O14. The number of alkyl carbamates (subject to hydrolysis) is 2. The molecule has 2 aromatic rings. The van der Waals surface area contributed by atoms with Crippen LogP contribution >= 0.6 is 0 Å². The third-order valence-corrected chi connectivity index (χ3v) is 8.09. The predicted molar refractivity (Wildman–Crippen MR) is 210 cm³/mol. The van der Waals surface area contributed by atoms with Gasteiger partial charge < -0.3 is 39.1 Å². The van der Waals surface area contributed by atoms with Gasteiger partial charge in [-0.15, -0.1) is 0 Å². The highest BCUT2D eigenvalue weighted by molar-refractivity contribution is 6.00. The van der Waals surface area contributed by atoms with Crippen LogP contribution in [0.1, 0.15) is 104 Å². The first-order valence-electron chi connectivity index (χ1n) is 18.5. The second kappa shape index (κ2) is 20.1. The molecule has 318 valence electrons. The molecule has 2 rings (SSSR count). The van der Waals surface area contributed by atoms with Crippen molar-refractivity contribution in [2.75, 3.05) is 26.4 Å². The van der Waals surface area contributed by atoms with Gasteiger partial charge in [-0.1, -0.05) is 76.2 Å². The Labute approximate surface area is 339 Å². The molecule has 0 fully saturated rings. The number of Topliss-reactive ketones (excluding diaryl/α,β-unsaturated/α-hetero) is 2. The molecule has 58 heavy (non-hydrogen) atoms. The number of hydrogen-bond donors (Lipinski definition) is 2. The highest BCUT2D eigenvalue weighted by Crippen LogP contribution is 2.26. The maximum Gasteiger partial charge on any atom is 0.408 e. The van der Waals surface area contributed by atoms with Crippen molar-refractivity contribution >= 4 is 47.6 Å². The lowest BCUT2D eigenvalue weighted by Gasteiger charge is -2.33. The van der Waals surface area contributed by atoms with Crippen LogP contribution in [0, 0.1) is 10.8 Å². The normalized spacial score (nSPS) is 12.8. The molecular weight excluding hydrogens is 756 g/mol. The molecule has 0 aliphatic heterocycles. The second-order valence-corrected chi connectivity index (χ2v) is 16.9. The quantitative estimate of drug-likeness (QED) is 0.110. The Morgan fingerprint density at radius 3 is 1.03 bits per heavy atom. The van der Waals surface area contributed by atoms with Gasteiger partial charge in [0.25, 0.3) is 0 Å². The van der Waals surface area contributed by atoms with Crippen molar-refractivity contribution in [3.8, 4) is 11.1 Å². The van der Waals surface area contributed by atoms with Gasteiger partial charge in [-0.05, 0) is 52.7 Å². The van der Waals surface area contributed by atoms with E-state index in [9.17, 15) is 38.4 Å². The second-order valence-electron chi connectivity index (χ2n) is 16.9. The minimum absolute atomic E-state index is 0.232. The number of benzene rings is 2. The lowest BCUT2D eigenvalue weighted by Crippen LogP contribution is -2.54. The van der Waals surface area contributed by atoms with Crippen molar-refractivity contribution in [3.05, 3.63) is 59.7 Å². The molecule has 0 aromatic heterocycles. The standard InChI is InChI=1S/C42H56N2O14/c1-25(45)55-23-41(9,10)33(43-37(51)57-39(3,4)5)35(49)53-21-31(47)29-17-13-27(14-18-29)28-15-19-30(20-16-28)32(48)22-54-36(50)34(42(11,12)24-56-26(2)46)44-38(52)58-40(6,7)8/h13-20,33-34H,21-24H2,1-12H3,(H,43,51)(H,44,52). The first-order chi connectivity index (χ1) is 26.6. The molecule has 16 nitrogen and oxygen atoms in total. The molecule has 0 aliphatic carbocycles. The highest BCUT2D eigenvalue weighted by Gasteiger charge is 2.41. The van der Waals surface area contributed by atoms with E-state index in [0.717, 1.165) is 0 Å². The number of carbonyl (C=O) groups is 8. The maximum absolute atomic E-state index is 13.2. The Balaban J connectivity index is 2.10. The number of rotatable bonds is 17. The average molecular weight is 813 g/mol. The van der Waals surface area contributed by atoms with Gasteiger partial charge in [0.1, 0.15) is 23.3 Å². The van der Waals surface area contributed by atoms with Crippen LogP contribution in [0.3, 0.4) is 0 Å². The summed E-state index contributed by atoms with van der Waals surface area (Å²) in [6.45, 7) is 16.9. The smallest absolute Gasteiger partial charge is 0.408 e. The van der Waals surface area contributed by atoms with E-state index in [0.29, 0.717) is 11.1 Å². The third kappa shape index (κ3) is 16.4. The van der Waals surface area contributed by atoms with Gasteiger partial charge in [0.05, 0.1) is 13.2 Å². The summed E-state index contributed by atoms with van der Waals surface area (Å²) in [6.07, 6.45) is -1.80. The van der Waals surface area contributed by atoms with E-state index in [-0.39, 0.29) is 24.3 Å². The number of nitrogens with one attached hydrogen (secondary N) is 2. The van der Waals surface area contributed by atoms with Crippen LogP contribution in [0.15, 0.2) is 48.5 Å². The van der Waals surface area contributed by atoms with Gasteiger partial charge in [-0.2, -0.15) is 0 Å². The number of esters is 4. The Morgan fingerprint density at radius 1 is 0.483 bits per heavy atom. The summed E-state index contributed by atoms with van der Waals surface area (Å²) in [5.41, 5.74) is -2.14. The van der Waals surface area contributed by atoms with Gasteiger partial charge in [0, 0.05) is 35.8 Å². The summed E-state index contributed by atoms with van der Waals surface area (Å²) in [5.74, 6) is -4.08. The van der Waals surface area contributed by atoms with Crippen LogP contribution in [-0.2, 0) is 47.6 Å². The zero-order valence-corrected chi connectivity index (χ0v) is 35.3. The molecule has 16 heteroatoms. The molecule has 2 amide bonds. The summed E-state index contributed by atoms with van der Waals surface area (Å²) in [6, 6.07) is 10.1. The van der Waals surface area contributed by atoms with Gasteiger partial charge in [0.15, 0.2) is 24.8 Å². The third-order valence-electron chi connectivity index (χ3n) is 8.09. The molecule has 0 bridgehead atoms. The van der Waals surface area contributed by atoms with E-state index in [4.69, 9.17) is 28.4 Å². The molecule has 0 saturated carbocycles. The topological polar surface area (TPSA) is 216 Å². The minimum Gasteiger partial charge on any atom is -0.465 e. The van der Waals surface area contributed by atoms with E-state index in [2.05, 4.69) is 10.6 Å². The predicted octanol–water partition coefficient (Wildman–Crippen LogP) is 5.77. The molecule has 0 spiro atoms. The van der Waals surface area contributed by atoms with E-state index in [1.807, 2.05) is 0 Å². The fraction of sp³-hybridized carbons (Fsp3) is 0.524. The summed E-state index contributed by atoms with van der Waals surface area (Å²) in [4.78, 5) is 100. The summed E-state index contributed by atoms with van der Waals surface area (Å²) in [7, 11) is 0. The molecule has 0 radical (unpaired) electrons. The van der Waals surface area contributed by atoms with Gasteiger partial charge in [-0.25, -0.2) is 19.2 Å². The van der Waals surface area contributed by atoms with Gasteiger partial charge in [0.2, 0.25) is 0 Å². The van der Waals surface area contributed by atoms with Crippen LogP contribution < -0.4 is 10.6 Å². The summed E-state index contributed by atoms with van der Waals surface area (Å²) < 4.78 is 31.3. The number of ketones is 2. The lowest BCUT2D eigenvalue weighted by molar-refractivity contribution is -0.154. The van der Waals surface area contributed by atoms with E-state index >= 15 is 0 Å². The Bertz CT molecular complexity index is 1680. The van der Waals surface area contributed by atoms with Crippen molar-refractivity contribution in [2.45, 2.75) is 106 Å². The number of ether oxygens (including phenoxy) is 6. The van der Waals surface area contributed by atoms with Crippen molar-refractivity contribution in [1.29, 1.82) is 0 Å². The largest absolute Gasteiger partial charge is 0.465 e. The van der Waals surface area contributed by atoms with Crippen LogP contribution in [0.25, 0.3) is 11.1 Å². The van der Waals surface area contributed by atoms with E-state index < -0.39 is 95.0 Å². The van der Waals surface area contributed by atoms with Gasteiger partial charge in [-0.3, -0.25) is 19.2 Å². The van der Waals surface area contributed by atoms with Crippen LogP contribution in [0.2, 0.25) is 0 Å². The Kier molecular flexibility index (Phi) is 16.7. The van der Waals surface area contributed by atoms with Gasteiger partial charge >= 0.3 is 36.1 Å². The first kappa shape index (κ1) is 48.3. The molecule has 2 N–H and O–H groups in total. The Hall–Kier alpha value is -5.80. The first-order valence-corrected chi connectivity index (χ1v) is 18.5. The molecule has 0 saturated heterocycles. The molecule has 2 unspecified atom stereocenters. The van der Waals surface area contributed by atoms with Crippen LogP contribution in [-0.4, -0.2) is 97.3 Å². The maximum atomic E-state index is 13.2. The minimum atomic E-state index is -1.33. The van der Waals surface area contributed by atoms with Crippen molar-refractivity contribution in [2.24, 2.45) is 10.8 Å². The number of carbonyl (C=O) groups excluding carboxylic acids is 8. The summed E-state index contributed by atoms with van der Waals surface area (Å²) in [5, 5.41) is 4.93.